The molecule has 16 heavy (non-hydrogen) atoms. The van der Waals surface area contributed by atoms with Crippen molar-refractivity contribution in [1.82, 2.24) is 0 Å². The molecule has 0 spiro atoms. The van der Waals surface area contributed by atoms with E-state index in [9.17, 15) is 9.18 Å². The van der Waals surface area contributed by atoms with Crippen LogP contribution in [-0.4, -0.2) is 37.4 Å². The highest BCUT2D eigenvalue weighted by atomic mass is 19.1. The molecule has 86 valence electrons. The molecule has 1 N–H and O–H groups in total. The molecule has 0 saturated carbocycles. The first kappa shape index (κ1) is 10.9. The van der Waals surface area contributed by atoms with Crippen molar-refractivity contribution >= 4 is 11.7 Å². The minimum absolute atomic E-state index is 0.0999. The Labute approximate surface area is 92.2 Å². The highest BCUT2D eigenvalue weighted by Gasteiger charge is 2.16. The van der Waals surface area contributed by atoms with Crippen LogP contribution in [0.2, 0.25) is 0 Å². The van der Waals surface area contributed by atoms with Crippen LogP contribution in [0.1, 0.15) is 10.4 Å². The molecule has 2 rings (SSSR count). The molecule has 1 saturated heterocycles. The molecule has 0 atom stereocenters. The van der Waals surface area contributed by atoms with Gasteiger partial charge in [-0.3, -0.25) is 0 Å². The number of benzene rings is 1. The van der Waals surface area contributed by atoms with Crippen molar-refractivity contribution in [2.75, 3.05) is 31.2 Å². The summed E-state index contributed by atoms with van der Waals surface area (Å²) in [4.78, 5) is 12.6. The maximum Gasteiger partial charge on any atom is 0.335 e. The quantitative estimate of drug-likeness (QED) is 0.825. The van der Waals surface area contributed by atoms with Crippen LogP contribution in [0.25, 0.3) is 0 Å². The molecule has 0 radical (unpaired) electrons. The van der Waals surface area contributed by atoms with Crippen LogP contribution in [0.5, 0.6) is 0 Å². The van der Waals surface area contributed by atoms with Crippen LogP contribution < -0.4 is 4.90 Å². The van der Waals surface area contributed by atoms with Crippen molar-refractivity contribution in [2.45, 2.75) is 0 Å². The number of anilines is 1. The van der Waals surface area contributed by atoms with Crippen LogP contribution in [0.3, 0.4) is 0 Å². The Kier molecular flexibility index (Phi) is 3.05. The Balaban J connectivity index is 2.30. The number of carboxylic acids is 1. The van der Waals surface area contributed by atoms with E-state index in [2.05, 4.69) is 0 Å². The lowest BCUT2D eigenvalue weighted by Gasteiger charge is -2.29. The second-order valence-electron chi connectivity index (χ2n) is 3.57. The van der Waals surface area contributed by atoms with Gasteiger partial charge in [-0.1, -0.05) is 0 Å². The van der Waals surface area contributed by atoms with Gasteiger partial charge in [0.25, 0.3) is 0 Å². The number of nitrogens with zero attached hydrogens (tertiary/aromatic N) is 1. The first-order valence-electron chi connectivity index (χ1n) is 5.04. The van der Waals surface area contributed by atoms with Crippen molar-refractivity contribution < 1.29 is 19.0 Å². The first-order valence-corrected chi connectivity index (χ1v) is 5.04. The number of aromatic carboxylic acids is 1. The monoisotopic (exact) mass is 225 g/mol. The van der Waals surface area contributed by atoms with Gasteiger partial charge in [0.2, 0.25) is 0 Å². The van der Waals surface area contributed by atoms with Crippen LogP contribution >= 0.6 is 0 Å². The summed E-state index contributed by atoms with van der Waals surface area (Å²) >= 11 is 0. The fourth-order valence-electron chi connectivity index (χ4n) is 1.69. The van der Waals surface area contributed by atoms with Gasteiger partial charge in [-0.2, -0.15) is 0 Å². The minimum atomic E-state index is -1.05. The molecule has 1 fully saturated rings. The number of hydrogen-bond donors (Lipinski definition) is 1. The van der Waals surface area contributed by atoms with Gasteiger partial charge in [-0.25, -0.2) is 9.18 Å². The SMILES string of the molecule is O=C(O)c1ccc(F)c(N2CCOCC2)c1. The van der Waals surface area contributed by atoms with Gasteiger partial charge in [-0.05, 0) is 18.2 Å². The second-order valence-corrected chi connectivity index (χ2v) is 3.57. The fourth-order valence-corrected chi connectivity index (χ4v) is 1.69. The molecule has 1 aromatic rings. The highest BCUT2D eigenvalue weighted by Crippen LogP contribution is 2.21. The van der Waals surface area contributed by atoms with E-state index in [4.69, 9.17) is 9.84 Å². The van der Waals surface area contributed by atoms with Crippen molar-refractivity contribution in [3.63, 3.8) is 0 Å². The molecule has 1 aliphatic rings. The third-order valence-electron chi connectivity index (χ3n) is 2.54. The van der Waals surface area contributed by atoms with Gasteiger partial charge in [0.05, 0.1) is 24.5 Å². The average Bonchev–Trinajstić information content (AvgIpc) is 2.30. The summed E-state index contributed by atoms with van der Waals surface area (Å²) in [6, 6.07) is 3.82. The van der Waals surface area contributed by atoms with Crippen molar-refractivity contribution in [2.24, 2.45) is 0 Å². The smallest absolute Gasteiger partial charge is 0.335 e. The van der Waals surface area contributed by atoms with Gasteiger partial charge >= 0.3 is 5.97 Å². The molecule has 1 aromatic carbocycles. The Morgan fingerprint density at radius 3 is 2.69 bits per heavy atom. The molecular weight excluding hydrogens is 213 g/mol. The number of hydrogen-bond acceptors (Lipinski definition) is 3. The normalized spacial score (nSPS) is 16.2. The van der Waals surface area contributed by atoms with E-state index in [0.29, 0.717) is 32.0 Å². The minimum Gasteiger partial charge on any atom is -0.478 e. The summed E-state index contributed by atoms with van der Waals surface area (Å²) in [5, 5.41) is 8.83. The fraction of sp³-hybridized carbons (Fsp3) is 0.364. The number of halogens is 1. The van der Waals surface area contributed by atoms with Crippen LogP contribution in [-0.2, 0) is 4.74 Å². The zero-order valence-corrected chi connectivity index (χ0v) is 8.65. The van der Waals surface area contributed by atoms with E-state index >= 15 is 0 Å². The van der Waals surface area contributed by atoms with E-state index in [-0.39, 0.29) is 5.56 Å². The lowest BCUT2D eigenvalue weighted by molar-refractivity contribution is 0.0697. The molecule has 1 aliphatic heterocycles. The summed E-state index contributed by atoms with van der Waals surface area (Å²) in [5.41, 5.74) is 0.436. The van der Waals surface area contributed by atoms with Crippen molar-refractivity contribution in [1.29, 1.82) is 0 Å². The average molecular weight is 225 g/mol. The molecule has 0 amide bonds. The number of carboxylic acid groups (broad SMARTS) is 1. The Hall–Kier alpha value is -1.62. The topological polar surface area (TPSA) is 49.8 Å². The maximum absolute atomic E-state index is 13.5. The third-order valence-corrected chi connectivity index (χ3v) is 2.54. The van der Waals surface area contributed by atoms with E-state index in [1.807, 2.05) is 0 Å². The summed E-state index contributed by atoms with van der Waals surface area (Å²) in [6.07, 6.45) is 0. The van der Waals surface area contributed by atoms with Gasteiger partial charge in [0, 0.05) is 13.1 Å². The van der Waals surface area contributed by atoms with E-state index in [1.54, 1.807) is 4.90 Å². The predicted octanol–water partition coefficient (Wildman–Crippen LogP) is 1.36. The lowest BCUT2D eigenvalue weighted by Crippen LogP contribution is -2.36. The summed E-state index contributed by atoms with van der Waals surface area (Å²) < 4.78 is 18.7. The standard InChI is InChI=1S/C11H12FNO3/c12-9-2-1-8(11(14)15)7-10(9)13-3-5-16-6-4-13/h1-2,7H,3-6H2,(H,14,15). The van der Waals surface area contributed by atoms with Gasteiger partial charge in [-0.15, -0.1) is 0 Å². The molecule has 1 heterocycles. The van der Waals surface area contributed by atoms with Crippen LogP contribution in [0, 0.1) is 5.82 Å². The van der Waals surface area contributed by atoms with Crippen LogP contribution in [0.4, 0.5) is 10.1 Å². The Morgan fingerprint density at radius 1 is 1.38 bits per heavy atom. The molecule has 0 aliphatic carbocycles. The molecule has 0 bridgehead atoms. The van der Waals surface area contributed by atoms with Gasteiger partial charge < -0.3 is 14.7 Å². The van der Waals surface area contributed by atoms with Crippen LogP contribution in [0.15, 0.2) is 18.2 Å². The zero-order valence-electron chi connectivity index (χ0n) is 8.65. The summed E-state index contributed by atoms with van der Waals surface area (Å²) in [5.74, 6) is -1.44. The van der Waals surface area contributed by atoms with Gasteiger partial charge in [0.15, 0.2) is 0 Å². The van der Waals surface area contributed by atoms with Crippen molar-refractivity contribution in [3.8, 4) is 0 Å². The molecule has 0 aromatic heterocycles. The second kappa shape index (κ2) is 4.49. The van der Waals surface area contributed by atoms with Crippen molar-refractivity contribution in [3.05, 3.63) is 29.6 Å². The Bertz CT molecular complexity index is 402. The predicted molar refractivity (Wildman–Crippen MR) is 56.4 cm³/mol. The number of rotatable bonds is 2. The highest BCUT2D eigenvalue weighted by molar-refractivity contribution is 5.88. The third kappa shape index (κ3) is 2.14. The summed E-state index contributed by atoms with van der Waals surface area (Å²) in [6.45, 7) is 2.24. The number of carbonyl (C=O) groups is 1. The summed E-state index contributed by atoms with van der Waals surface area (Å²) in [7, 11) is 0. The maximum atomic E-state index is 13.5. The van der Waals surface area contributed by atoms with E-state index in [1.165, 1.54) is 18.2 Å². The molecule has 4 nitrogen and oxygen atoms in total. The number of ether oxygens (including phenoxy) is 1. The lowest BCUT2D eigenvalue weighted by atomic mass is 10.1. The molecular formula is C11H12FNO3. The van der Waals surface area contributed by atoms with E-state index in [0.717, 1.165) is 0 Å². The largest absolute Gasteiger partial charge is 0.478 e. The zero-order chi connectivity index (χ0) is 11.5. The molecule has 5 heteroatoms. The van der Waals surface area contributed by atoms with Gasteiger partial charge in [0.1, 0.15) is 5.82 Å². The Morgan fingerprint density at radius 2 is 2.06 bits per heavy atom. The molecule has 0 unspecified atom stereocenters. The first-order chi connectivity index (χ1) is 7.68. The van der Waals surface area contributed by atoms with E-state index < -0.39 is 11.8 Å². The number of morpholine rings is 1.